The first-order valence-corrected chi connectivity index (χ1v) is 11.0. The first-order chi connectivity index (χ1) is 12.2. The summed E-state index contributed by atoms with van der Waals surface area (Å²) in [4.78, 5) is 14.3. The van der Waals surface area contributed by atoms with Gasteiger partial charge in [-0.3, -0.25) is 9.10 Å². The molecule has 1 fully saturated rings. The van der Waals surface area contributed by atoms with Crippen molar-refractivity contribution in [2.75, 3.05) is 37.3 Å². The van der Waals surface area contributed by atoms with E-state index >= 15 is 0 Å². The lowest BCUT2D eigenvalue weighted by Crippen LogP contribution is -2.39. The highest BCUT2D eigenvalue weighted by Crippen LogP contribution is 2.30. The van der Waals surface area contributed by atoms with Gasteiger partial charge in [0.1, 0.15) is 5.75 Å². The molecule has 1 aromatic rings. The average Bonchev–Trinajstić information content (AvgIpc) is 2.57. The second-order valence-corrected chi connectivity index (χ2v) is 9.16. The van der Waals surface area contributed by atoms with E-state index in [4.69, 9.17) is 16.3 Å². The predicted octanol–water partition coefficient (Wildman–Crippen LogP) is 3.15. The number of hydrogen-bond acceptors (Lipinski definition) is 4. The molecule has 146 valence electrons. The zero-order valence-corrected chi connectivity index (χ0v) is 17.1. The van der Waals surface area contributed by atoms with E-state index in [1.54, 1.807) is 18.2 Å². The summed E-state index contributed by atoms with van der Waals surface area (Å²) in [5, 5.41) is 0.344. The van der Waals surface area contributed by atoms with Gasteiger partial charge in [-0.2, -0.15) is 0 Å². The van der Waals surface area contributed by atoms with Crippen molar-refractivity contribution in [1.29, 1.82) is 0 Å². The molecule has 26 heavy (non-hydrogen) atoms. The van der Waals surface area contributed by atoms with E-state index in [0.29, 0.717) is 35.2 Å². The van der Waals surface area contributed by atoms with Crippen LogP contribution in [0.4, 0.5) is 5.69 Å². The van der Waals surface area contributed by atoms with E-state index in [2.05, 4.69) is 6.92 Å². The van der Waals surface area contributed by atoms with Crippen molar-refractivity contribution >= 4 is 33.2 Å². The molecule has 1 heterocycles. The highest BCUT2D eigenvalue weighted by molar-refractivity contribution is 7.92. The van der Waals surface area contributed by atoms with Crippen LogP contribution in [0.1, 0.15) is 32.6 Å². The Kier molecular flexibility index (Phi) is 7.17. The molecule has 0 saturated carbocycles. The van der Waals surface area contributed by atoms with Crippen LogP contribution in [0.3, 0.4) is 0 Å². The van der Waals surface area contributed by atoms with Crippen LogP contribution in [0.25, 0.3) is 0 Å². The monoisotopic (exact) mass is 402 g/mol. The van der Waals surface area contributed by atoms with Crippen molar-refractivity contribution in [3.8, 4) is 5.75 Å². The molecule has 1 aliphatic rings. The number of ether oxygens (including phenoxy) is 1. The minimum absolute atomic E-state index is 0.0952. The molecule has 2 rings (SSSR count). The Morgan fingerprint density at radius 2 is 2.15 bits per heavy atom. The largest absolute Gasteiger partial charge is 0.495 e. The number of carbonyl (C=O) groups is 1. The summed E-state index contributed by atoms with van der Waals surface area (Å²) in [5.41, 5.74) is 0.470. The molecule has 1 aromatic carbocycles. The topological polar surface area (TPSA) is 66.9 Å². The van der Waals surface area contributed by atoms with Gasteiger partial charge >= 0.3 is 0 Å². The highest BCUT2D eigenvalue weighted by atomic mass is 35.5. The van der Waals surface area contributed by atoms with Gasteiger partial charge in [0.2, 0.25) is 15.9 Å². The molecule has 0 aromatic heterocycles. The van der Waals surface area contributed by atoms with E-state index < -0.39 is 10.0 Å². The molecule has 1 aliphatic heterocycles. The van der Waals surface area contributed by atoms with Crippen molar-refractivity contribution in [1.82, 2.24) is 4.90 Å². The fraction of sp³-hybridized carbons (Fsp3) is 0.611. The van der Waals surface area contributed by atoms with Crippen LogP contribution in [0, 0.1) is 5.92 Å². The number of amides is 1. The molecule has 0 radical (unpaired) electrons. The number of carbonyl (C=O) groups excluding carboxylic acids is 1. The Balaban J connectivity index is 2.01. The van der Waals surface area contributed by atoms with Crippen LogP contribution >= 0.6 is 11.6 Å². The molecule has 0 N–H and O–H groups in total. The third-order valence-electron chi connectivity index (χ3n) is 4.59. The van der Waals surface area contributed by atoms with Crippen LogP contribution < -0.4 is 9.04 Å². The van der Waals surface area contributed by atoms with Gasteiger partial charge < -0.3 is 9.64 Å². The molecule has 6 nitrogen and oxygen atoms in total. The van der Waals surface area contributed by atoms with E-state index in [0.717, 1.165) is 32.2 Å². The Labute approximate surface area is 161 Å². The molecule has 1 saturated heterocycles. The number of rotatable bonds is 7. The van der Waals surface area contributed by atoms with Crippen LogP contribution in [0.15, 0.2) is 18.2 Å². The molecular formula is C18H27ClN2O4S. The van der Waals surface area contributed by atoms with Gasteiger partial charge in [0.05, 0.1) is 24.1 Å². The van der Waals surface area contributed by atoms with Gasteiger partial charge in [-0.05, 0) is 43.4 Å². The number of piperidine rings is 1. The quantitative estimate of drug-likeness (QED) is 0.702. The van der Waals surface area contributed by atoms with Crippen LogP contribution in [-0.2, 0) is 14.8 Å². The molecule has 0 aliphatic carbocycles. The zero-order chi connectivity index (χ0) is 19.3. The van der Waals surface area contributed by atoms with Gasteiger partial charge in [-0.1, -0.05) is 18.5 Å². The normalized spacial score (nSPS) is 17.8. The summed E-state index contributed by atoms with van der Waals surface area (Å²) in [7, 11) is -1.97. The lowest BCUT2D eigenvalue weighted by Gasteiger charge is -2.31. The van der Waals surface area contributed by atoms with Gasteiger partial charge in [-0.15, -0.1) is 0 Å². The first-order valence-electron chi connectivity index (χ1n) is 8.81. The summed E-state index contributed by atoms with van der Waals surface area (Å²) in [6, 6.07) is 4.85. The summed E-state index contributed by atoms with van der Waals surface area (Å²) in [5.74, 6) is 1.11. The van der Waals surface area contributed by atoms with Gasteiger partial charge in [-0.25, -0.2) is 8.42 Å². The number of methoxy groups -OCH3 is 1. The third-order valence-corrected chi connectivity index (χ3v) is 6.07. The molecular weight excluding hydrogens is 376 g/mol. The maximum Gasteiger partial charge on any atom is 0.232 e. The molecule has 1 amide bonds. The lowest BCUT2D eigenvalue weighted by molar-refractivity contribution is -0.132. The fourth-order valence-corrected chi connectivity index (χ4v) is 4.45. The number of benzene rings is 1. The SMILES string of the molecule is COc1ccc(N(CCCC(=O)N2CCC[C@@H](C)C2)S(C)(=O)=O)cc1Cl. The van der Waals surface area contributed by atoms with Gasteiger partial charge in [0.25, 0.3) is 0 Å². The minimum Gasteiger partial charge on any atom is -0.495 e. The second-order valence-electron chi connectivity index (χ2n) is 6.84. The highest BCUT2D eigenvalue weighted by Gasteiger charge is 2.22. The first kappa shape index (κ1) is 20.8. The van der Waals surface area contributed by atoms with Gasteiger partial charge in [0.15, 0.2) is 0 Å². The van der Waals surface area contributed by atoms with Crippen molar-refractivity contribution in [2.45, 2.75) is 32.6 Å². The standard InChI is InChI=1S/C18H27ClN2O4S/c1-14-6-4-10-20(13-14)18(22)7-5-11-21(26(3,23)24)15-8-9-17(25-2)16(19)12-15/h8-9,12,14H,4-7,10-11,13H2,1-3H3/t14-/m1/s1. The summed E-state index contributed by atoms with van der Waals surface area (Å²) >= 11 is 6.12. The van der Waals surface area contributed by atoms with E-state index in [1.807, 2.05) is 4.90 Å². The van der Waals surface area contributed by atoms with Crippen molar-refractivity contribution < 1.29 is 17.9 Å². The number of sulfonamides is 1. The fourth-order valence-electron chi connectivity index (χ4n) is 3.24. The van der Waals surface area contributed by atoms with Crippen LogP contribution in [0.5, 0.6) is 5.75 Å². The summed E-state index contributed by atoms with van der Waals surface area (Å²) < 4.78 is 30.7. The van der Waals surface area contributed by atoms with Crippen molar-refractivity contribution in [2.24, 2.45) is 5.92 Å². The zero-order valence-electron chi connectivity index (χ0n) is 15.6. The Morgan fingerprint density at radius 1 is 1.42 bits per heavy atom. The minimum atomic E-state index is -3.48. The van der Waals surface area contributed by atoms with E-state index in [-0.39, 0.29) is 12.5 Å². The number of halogens is 1. The Bertz CT molecular complexity index is 739. The van der Waals surface area contributed by atoms with E-state index in [1.165, 1.54) is 11.4 Å². The molecule has 0 spiro atoms. The number of likely N-dealkylation sites (tertiary alicyclic amines) is 1. The molecule has 1 atom stereocenters. The Hall–Kier alpha value is -1.47. The van der Waals surface area contributed by atoms with Crippen molar-refractivity contribution in [3.05, 3.63) is 23.2 Å². The molecule has 0 unspecified atom stereocenters. The van der Waals surface area contributed by atoms with Crippen molar-refractivity contribution in [3.63, 3.8) is 0 Å². The van der Waals surface area contributed by atoms with Gasteiger partial charge in [0, 0.05) is 26.1 Å². The number of hydrogen-bond donors (Lipinski definition) is 0. The lowest BCUT2D eigenvalue weighted by atomic mass is 10.00. The van der Waals surface area contributed by atoms with Crippen LogP contribution in [0.2, 0.25) is 5.02 Å². The number of anilines is 1. The molecule has 8 heteroatoms. The molecule has 0 bridgehead atoms. The Morgan fingerprint density at radius 3 is 2.73 bits per heavy atom. The maximum absolute atomic E-state index is 12.4. The summed E-state index contributed by atoms with van der Waals surface area (Å²) in [6.45, 7) is 3.98. The van der Waals surface area contributed by atoms with E-state index in [9.17, 15) is 13.2 Å². The maximum atomic E-state index is 12.4. The summed E-state index contributed by atoms with van der Waals surface area (Å²) in [6.07, 6.45) is 4.14. The average molecular weight is 403 g/mol. The third kappa shape index (κ3) is 5.51. The predicted molar refractivity (Wildman–Crippen MR) is 104 cm³/mol. The smallest absolute Gasteiger partial charge is 0.232 e. The number of nitrogens with zero attached hydrogens (tertiary/aromatic N) is 2. The second kappa shape index (κ2) is 8.95. The van der Waals surface area contributed by atoms with Crippen LogP contribution in [-0.4, -0.2) is 52.2 Å².